The van der Waals surface area contributed by atoms with Crippen LogP contribution in [0, 0.1) is 0 Å². The van der Waals surface area contributed by atoms with Gasteiger partial charge in [-0.3, -0.25) is 4.79 Å². The minimum atomic E-state index is -3.23. The van der Waals surface area contributed by atoms with E-state index in [1.807, 2.05) is 31.3 Å². The number of aromatic nitrogens is 1. The van der Waals surface area contributed by atoms with Crippen LogP contribution in [0.4, 0.5) is 10.8 Å². The van der Waals surface area contributed by atoms with Gasteiger partial charge in [0, 0.05) is 37.2 Å². The van der Waals surface area contributed by atoms with Crippen molar-refractivity contribution in [2.75, 3.05) is 23.9 Å². The lowest BCUT2D eigenvalue weighted by Crippen LogP contribution is -2.05. The molecular weight excluding hydrogens is 430 g/mol. The van der Waals surface area contributed by atoms with Crippen LogP contribution in [-0.4, -0.2) is 32.6 Å². The molecule has 1 aromatic carbocycles. The predicted molar refractivity (Wildman–Crippen MR) is 128 cm³/mol. The first kappa shape index (κ1) is 23.0. The molecule has 0 atom stereocenters. The first-order valence-corrected chi connectivity index (χ1v) is 12.8. The van der Waals surface area contributed by atoms with Crippen LogP contribution in [0.25, 0.3) is 0 Å². The smallest absolute Gasteiger partial charge is 0.223 e. The number of carbonyl (C=O) groups is 1. The fourth-order valence-corrected chi connectivity index (χ4v) is 5.07. The van der Waals surface area contributed by atoms with Gasteiger partial charge in [-0.05, 0) is 48.6 Å². The standard InChI is InChI=1S/C23H27N3O3S2/c1-16(27)25-23-26-21(14-10-17-7-11-19(24-2)12-8-17)22(30-23)15-18-5-4-6-20(13-9-18)31(3,28)29/h5-9,11-13,24H,4,10,14-15H2,1-3H3,(H,25,26,27). The van der Waals surface area contributed by atoms with Gasteiger partial charge in [-0.1, -0.05) is 30.4 Å². The highest BCUT2D eigenvalue weighted by Gasteiger charge is 2.15. The first-order chi connectivity index (χ1) is 14.7. The van der Waals surface area contributed by atoms with Gasteiger partial charge in [0.05, 0.1) is 10.6 Å². The molecule has 0 saturated carbocycles. The van der Waals surface area contributed by atoms with Crippen molar-refractivity contribution < 1.29 is 13.2 Å². The van der Waals surface area contributed by atoms with Crippen LogP contribution in [0.1, 0.15) is 29.5 Å². The van der Waals surface area contributed by atoms with Crippen LogP contribution >= 0.6 is 11.3 Å². The lowest BCUT2D eigenvalue weighted by atomic mass is 10.0. The van der Waals surface area contributed by atoms with Crippen molar-refractivity contribution in [3.05, 3.63) is 75.2 Å². The molecule has 0 radical (unpaired) electrons. The maximum atomic E-state index is 11.8. The number of thiazole rings is 1. The summed E-state index contributed by atoms with van der Waals surface area (Å²) in [5.41, 5.74) is 4.28. The monoisotopic (exact) mass is 457 g/mol. The average molecular weight is 458 g/mol. The molecule has 1 aliphatic rings. The van der Waals surface area contributed by atoms with E-state index < -0.39 is 9.84 Å². The van der Waals surface area contributed by atoms with Gasteiger partial charge in [0.25, 0.3) is 0 Å². The number of sulfone groups is 1. The van der Waals surface area contributed by atoms with E-state index in [4.69, 9.17) is 0 Å². The summed E-state index contributed by atoms with van der Waals surface area (Å²) in [7, 11) is -1.33. The number of nitrogens with one attached hydrogen (secondary N) is 2. The van der Waals surface area contributed by atoms with E-state index >= 15 is 0 Å². The van der Waals surface area contributed by atoms with E-state index in [9.17, 15) is 13.2 Å². The lowest BCUT2D eigenvalue weighted by molar-refractivity contribution is -0.114. The van der Waals surface area contributed by atoms with E-state index in [-0.39, 0.29) is 5.91 Å². The zero-order chi connectivity index (χ0) is 22.4. The number of hydrogen-bond donors (Lipinski definition) is 2. The second kappa shape index (κ2) is 10.1. The molecule has 2 N–H and O–H groups in total. The molecule has 31 heavy (non-hydrogen) atoms. The van der Waals surface area contributed by atoms with E-state index in [0.717, 1.165) is 34.7 Å². The van der Waals surface area contributed by atoms with Gasteiger partial charge in [0.2, 0.25) is 5.91 Å². The Labute approximate surface area is 187 Å². The topological polar surface area (TPSA) is 88.2 Å². The molecule has 6 nitrogen and oxygen atoms in total. The van der Waals surface area contributed by atoms with Gasteiger partial charge in [-0.25, -0.2) is 13.4 Å². The second-order valence-corrected chi connectivity index (χ2v) is 10.5. The maximum Gasteiger partial charge on any atom is 0.223 e. The summed E-state index contributed by atoms with van der Waals surface area (Å²) in [4.78, 5) is 17.6. The number of carbonyl (C=O) groups excluding carboxylic acids is 1. The quantitative estimate of drug-likeness (QED) is 0.618. The molecule has 1 heterocycles. The Balaban J connectivity index is 1.77. The Kier molecular flexibility index (Phi) is 7.46. The van der Waals surface area contributed by atoms with E-state index in [2.05, 4.69) is 27.8 Å². The fourth-order valence-electron chi connectivity index (χ4n) is 3.26. The molecule has 0 spiro atoms. The second-order valence-electron chi connectivity index (χ2n) is 7.42. The van der Waals surface area contributed by atoms with Crippen molar-refractivity contribution >= 4 is 37.9 Å². The molecule has 2 aromatic rings. The van der Waals surface area contributed by atoms with E-state index in [0.29, 0.717) is 22.9 Å². The summed E-state index contributed by atoms with van der Waals surface area (Å²) in [6.07, 6.45) is 11.3. The summed E-state index contributed by atoms with van der Waals surface area (Å²) in [5, 5.41) is 6.50. The molecule has 8 heteroatoms. The molecule has 164 valence electrons. The average Bonchev–Trinajstić information content (AvgIpc) is 2.91. The van der Waals surface area contributed by atoms with Gasteiger partial charge in [0.1, 0.15) is 0 Å². The summed E-state index contributed by atoms with van der Waals surface area (Å²) in [6, 6.07) is 8.30. The number of rotatable bonds is 8. The third-order valence-corrected chi connectivity index (χ3v) is 7.08. The third kappa shape index (κ3) is 6.63. The zero-order valence-electron chi connectivity index (χ0n) is 17.9. The van der Waals surface area contributed by atoms with Crippen molar-refractivity contribution in [3.63, 3.8) is 0 Å². The van der Waals surface area contributed by atoms with Crippen LogP contribution in [0.3, 0.4) is 0 Å². The van der Waals surface area contributed by atoms with Gasteiger partial charge >= 0.3 is 0 Å². The zero-order valence-corrected chi connectivity index (χ0v) is 19.6. The van der Waals surface area contributed by atoms with Crippen LogP contribution in [0.15, 0.2) is 59.0 Å². The molecule has 0 aliphatic heterocycles. The van der Waals surface area contributed by atoms with Crippen molar-refractivity contribution in [1.29, 1.82) is 0 Å². The molecule has 0 bridgehead atoms. The summed E-state index contributed by atoms with van der Waals surface area (Å²) in [6.45, 7) is 1.47. The number of aryl methyl sites for hydroxylation is 2. The molecule has 1 aliphatic carbocycles. The maximum absolute atomic E-state index is 11.8. The molecule has 0 saturated heterocycles. The minimum absolute atomic E-state index is 0.148. The minimum Gasteiger partial charge on any atom is -0.388 e. The summed E-state index contributed by atoms with van der Waals surface area (Å²) >= 11 is 1.47. The van der Waals surface area contributed by atoms with Crippen LogP contribution in [-0.2, 0) is 33.9 Å². The first-order valence-electron chi connectivity index (χ1n) is 10.0. The largest absolute Gasteiger partial charge is 0.388 e. The Morgan fingerprint density at radius 1 is 1.13 bits per heavy atom. The van der Waals surface area contributed by atoms with Crippen LogP contribution in [0.2, 0.25) is 0 Å². The number of amides is 1. The van der Waals surface area contributed by atoms with E-state index in [1.165, 1.54) is 30.1 Å². The molecular formula is C23H27N3O3S2. The number of benzene rings is 1. The van der Waals surface area contributed by atoms with Gasteiger partial charge in [-0.15, -0.1) is 11.3 Å². The number of nitrogens with zero attached hydrogens (tertiary/aromatic N) is 1. The van der Waals surface area contributed by atoms with E-state index in [1.54, 1.807) is 12.2 Å². The van der Waals surface area contributed by atoms with Gasteiger partial charge in [-0.2, -0.15) is 0 Å². The Hall–Kier alpha value is -2.71. The van der Waals surface area contributed by atoms with Crippen LogP contribution < -0.4 is 10.6 Å². The van der Waals surface area contributed by atoms with Crippen LogP contribution in [0.5, 0.6) is 0 Å². The Morgan fingerprint density at radius 3 is 2.52 bits per heavy atom. The number of anilines is 2. The van der Waals surface area contributed by atoms with Gasteiger partial charge < -0.3 is 10.6 Å². The number of allylic oxidation sites excluding steroid dienone is 5. The lowest BCUT2D eigenvalue weighted by Gasteiger charge is -2.05. The molecule has 1 aromatic heterocycles. The summed E-state index contributed by atoms with van der Waals surface area (Å²) in [5.74, 6) is -0.148. The normalized spacial score (nSPS) is 13.9. The molecule has 0 fully saturated rings. The van der Waals surface area contributed by atoms with Crippen molar-refractivity contribution in [2.45, 2.75) is 32.6 Å². The highest BCUT2D eigenvalue weighted by molar-refractivity contribution is 7.94. The van der Waals surface area contributed by atoms with Crippen molar-refractivity contribution in [2.24, 2.45) is 0 Å². The highest BCUT2D eigenvalue weighted by atomic mass is 32.2. The fraction of sp³-hybridized carbons (Fsp3) is 0.304. The summed E-state index contributed by atoms with van der Waals surface area (Å²) < 4.78 is 23.7. The SMILES string of the molecule is CNc1ccc(CCc2nc(NC(C)=O)sc2CC2=CCC=C(S(C)(=O)=O)C=C2)cc1. The molecule has 3 rings (SSSR count). The predicted octanol–water partition coefficient (Wildman–Crippen LogP) is 4.29. The number of hydrogen-bond acceptors (Lipinski definition) is 6. The van der Waals surface area contributed by atoms with Crippen molar-refractivity contribution in [3.8, 4) is 0 Å². The third-order valence-electron chi connectivity index (χ3n) is 4.91. The molecule has 0 unspecified atom stereocenters. The van der Waals surface area contributed by atoms with Crippen molar-refractivity contribution in [1.82, 2.24) is 4.98 Å². The van der Waals surface area contributed by atoms with Gasteiger partial charge in [0.15, 0.2) is 15.0 Å². The highest BCUT2D eigenvalue weighted by Crippen LogP contribution is 2.28. The molecule has 1 amide bonds. The Bertz CT molecular complexity index is 1140. The Morgan fingerprint density at radius 2 is 1.87 bits per heavy atom.